The fraction of sp³-hybridized carbons (Fsp3) is 0.158. The van der Waals surface area contributed by atoms with Crippen molar-refractivity contribution in [3.63, 3.8) is 0 Å². The number of fused-ring (bicyclic) bond motifs is 3. The maximum Gasteiger partial charge on any atom is 0.238 e. The number of benzene rings is 2. The highest BCUT2D eigenvalue weighted by Gasteiger charge is 2.26. The van der Waals surface area contributed by atoms with Crippen molar-refractivity contribution >= 4 is 45.4 Å². The summed E-state index contributed by atoms with van der Waals surface area (Å²) in [5.74, 6) is -7.44. The number of H-pyrrole nitrogens is 1. The lowest BCUT2D eigenvalue weighted by Gasteiger charge is -2.14. The van der Waals surface area contributed by atoms with Gasteiger partial charge in [-0.15, -0.1) is 10.2 Å². The van der Waals surface area contributed by atoms with Crippen molar-refractivity contribution in [3.05, 3.63) is 53.6 Å². The summed E-state index contributed by atoms with van der Waals surface area (Å²) in [6.07, 6.45) is 0.228. The monoisotopic (exact) mass is 435 g/mol. The number of para-hydroxylation sites is 1. The van der Waals surface area contributed by atoms with Gasteiger partial charge in [-0.1, -0.05) is 36.9 Å². The number of rotatable bonds is 5. The number of anilines is 1. The largest absolute Gasteiger partial charge is 0.338 e. The van der Waals surface area contributed by atoms with E-state index in [2.05, 4.69) is 20.2 Å². The number of carbonyl (C=O) groups excluding carboxylic acids is 1. The first-order valence-electron chi connectivity index (χ1n) is 8.80. The quantitative estimate of drug-likeness (QED) is 0.273. The van der Waals surface area contributed by atoms with Gasteiger partial charge in [0, 0.05) is 17.0 Å². The number of aromatic amines is 1. The summed E-state index contributed by atoms with van der Waals surface area (Å²) < 4.78 is 54.4. The topological polar surface area (TPSA) is 83.6 Å². The maximum absolute atomic E-state index is 13.8. The van der Waals surface area contributed by atoms with Gasteiger partial charge in [-0.3, -0.25) is 4.79 Å². The summed E-state index contributed by atoms with van der Waals surface area (Å²) in [7, 11) is 0. The zero-order chi connectivity index (χ0) is 21.4. The first-order valence-corrected chi connectivity index (χ1v) is 9.68. The van der Waals surface area contributed by atoms with Crippen molar-refractivity contribution in [2.75, 3.05) is 5.32 Å². The van der Waals surface area contributed by atoms with E-state index < -0.39 is 40.1 Å². The molecule has 0 radical (unpaired) electrons. The Balaban J connectivity index is 1.59. The molecule has 1 unspecified atom stereocenters. The van der Waals surface area contributed by atoms with Crippen LogP contribution < -0.4 is 5.32 Å². The van der Waals surface area contributed by atoms with E-state index in [0.29, 0.717) is 11.2 Å². The molecule has 4 aromatic rings. The minimum Gasteiger partial charge on any atom is -0.338 e. The van der Waals surface area contributed by atoms with E-state index in [4.69, 9.17) is 0 Å². The van der Waals surface area contributed by atoms with Gasteiger partial charge < -0.3 is 10.3 Å². The lowest BCUT2D eigenvalue weighted by molar-refractivity contribution is -0.115. The Kier molecular flexibility index (Phi) is 5.29. The van der Waals surface area contributed by atoms with Gasteiger partial charge in [0.1, 0.15) is 11.2 Å². The number of nitrogens with zero attached hydrogens (tertiary/aromatic N) is 3. The molecule has 6 nitrogen and oxygen atoms in total. The predicted octanol–water partition coefficient (Wildman–Crippen LogP) is 4.57. The number of aromatic nitrogens is 4. The normalized spacial score (nSPS) is 12.4. The first kappa shape index (κ1) is 20.1. The van der Waals surface area contributed by atoms with Crippen molar-refractivity contribution in [2.24, 2.45) is 0 Å². The van der Waals surface area contributed by atoms with Crippen LogP contribution in [0.1, 0.15) is 13.3 Å². The molecule has 4 rings (SSSR count). The maximum atomic E-state index is 13.8. The second kappa shape index (κ2) is 7.90. The number of carbonyl (C=O) groups is 1. The molecule has 11 heteroatoms. The summed E-state index contributed by atoms with van der Waals surface area (Å²) in [5.41, 5.74) is 0.669. The van der Waals surface area contributed by atoms with Crippen LogP contribution in [0.25, 0.3) is 22.1 Å². The molecule has 2 aromatic carbocycles. The molecule has 1 atom stereocenters. The molecular formula is C19H13F4N5OS. The molecule has 2 aromatic heterocycles. The van der Waals surface area contributed by atoms with Gasteiger partial charge in [0.05, 0.1) is 5.25 Å². The summed E-state index contributed by atoms with van der Waals surface area (Å²) in [5, 5.41) is 10.2. The van der Waals surface area contributed by atoms with E-state index in [0.717, 1.165) is 22.7 Å². The Bertz CT molecular complexity index is 1250. The zero-order valence-electron chi connectivity index (χ0n) is 15.3. The molecule has 0 saturated heterocycles. The molecule has 0 aliphatic rings. The number of halogens is 4. The van der Waals surface area contributed by atoms with E-state index in [9.17, 15) is 22.4 Å². The van der Waals surface area contributed by atoms with Crippen LogP contribution in [0.15, 0.2) is 35.5 Å². The SMILES string of the molecule is CCC(Sc1nnc2c(n1)[nH]c1ccccc12)C(=O)Nc1c(F)c(F)cc(F)c1F. The number of thioether (sulfide) groups is 1. The van der Waals surface area contributed by atoms with E-state index in [1.54, 1.807) is 6.92 Å². The fourth-order valence-corrected chi connectivity index (χ4v) is 3.71. The molecule has 2 heterocycles. The zero-order valence-corrected chi connectivity index (χ0v) is 16.2. The van der Waals surface area contributed by atoms with Gasteiger partial charge in [0.25, 0.3) is 0 Å². The number of nitrogens with one attached hydrogen (secondary N) is 2. The fourth-order valence-electron chi connectivity index (χ4n) is 2.89. The van der Waals surface area contributed by atoms with Crippen LogP contribution >= 0.6 is 11.8 Å². The average Bonchev–Trinajstić information content (AvgIpc) is 3.11. The van der Waals surface area contributed by atoms with Crippen LogP contribution in [0.4, 0.5) is 23.2 Å². The molecule has 0 spiro atoms. The molecule has 1 amide bonds. The third-order valence-electron chi connectivity index (χ3n) is 4.37. The lowest BCUT2D eigenvalue weighted by atomic mass is 10.2. The van der Waals surface area contributed by atoms with Crippen LogP contribution in [-0.2, 0) is 4.79 Å². The van der Waals surface area contributed by atoms with Gasteiger partial charge >= 0.3 is 0 Å². The van der Waals surface area contributed by atoms with Gasteiger partial charge in [0.2, 0.25) is 11.1 Å². The summed E-state index contributed by atoms with van der Waals surface area (Å²) >= 11 is 0.912. The Morgan fingerprint density at radius 3 is 2.53 bits per heavy atom. The van der Waals surface area contributed by atoms with Crippen molar-refractivity contribution in [2.45, 2.75) is 23.8 Å². The molecule has 0 saturated carbocycles. The second-order valence-electron chi connectivity index (χ2n) is 6.31. The average molecular weight is 435 g/mol. The minimum atomic E-state index is -1.68. The number of hydrogen-bond donors (Lipinski definition) is 2. The van der Waals surface area contributed by atoms with E-state index in [1.165, 1.54) is 0 Å². The number of hydrogen-bond acceptors (Lipinski definition) is 5. The Labute approximate surface area is 171 Å². The highest BCUT2D eigenvalue weighted by molar-refractivity contribution is 8.00. The van der Waals surface area contributed by atoms with E-state index in [-0.39, 0.29) is 17.6 Å². The van der Waals surface area contributed by atoms with Gasteiger partial charge in [-0.2, -0.15) is 0 Å². The van der Waals surface area contributed by atoms with Crippen molar-refractivity contribution in [3.8, 4) is 0 Å². The molecule has 2 N–H and O–H groups in total. The van der Waals surface area contributed by atoms with Crippen LogP contribution in [0.5, 0.6) is 0 Å². The summed E-state index contributed by atoms with van der Waals surface area (Å²) in [6, 6.07) is 7.49. The first-order chi connectivity index (χ1) is 14.4. The molecule has 30 heavy (non-hydrogen) atoms. The van der Waals surface area contributed by atoms with Crippen molar-refractivity contribution < 1.29 is 22.4 Å². The molecule has 0 bridgehead atoms. The molecular weight excluding hydrogens is 422 g/mol. The third kappa shape index (κ3) is 3.56. The van der Waals surface area contributed by atoms with Crippen molar-refractivity contribution in [1.29, 1.82) is 0 Å². The standard InChI is InChI=1S/C19H13F4N5OS/c1-2-12(18(29)25-16-13(22)9(20)7-10(21)14(16)23)30-19-26-17-15(27-28-19)8-5-3-4-6-11(8)24-17/h3-7,12H,2H2,1H3,(H,25,29)(H,24,26,28). The van der Waals surface area contributed by atoms with Crippen molar-refractivity contribution in [1.82, 2.24) is 20.2 Å². The second-order valence-corrected chi connectivity index (χ2v) is 7.48. The Hall–Kier alpha value is -3.21. The van der Waals surface area contributed by atoms with Gasteiger partial charge in [-0.25, -0.2) is 22.5 Å². The Morgan fingerprint density at radius 2 is 1.83 bits per heavy atom. The lowest BCUT2D eigenvalue weighted by Crippen LogP contribution is -2.26. The van der Waals surface area contributed by atoms with Gasteiger partial charge in [-0.05, 0) is 12.5 Å². The highest BCUT2D eigenvalue weighted by atomic mass is 32.2. The van der Waals surface area contributed by atoms with Gasteiger partial charge in [0.15, 0.2) is 28.9 Å². The van der Waals surface area contributed by atoms with E-state index in [1.807, 2.05) is 29.6 Å². The number of amides is 1. The smallest absolute Gasteiger partial charge is 0.238 e. The molecule has 0 fully saturated rings. The minimum absolute atomic E-state index is 0.0709. The summed E-state index contributed by atoms with van der Waals surface area (Å²) in [4.78, 5) is 19.9. The summed E-state index contributed by atoms with van der Waals surface area (Å²) in [6.45, 7) is 1.66. The Morgan fingerprint density at radius 1 is 1.13 bits per heavy atom. The predicted molar refractivity (Wildman–Crippen MR) is 104 cm³/mol. The third-order valence-corrected chi connectivity index (χ3v) is 5.59. The van der Waals surface area contributed by atoms with E-state index >= 15 is 0 Å². The van der Waals surface area contributed by atoms with Crippen LogP contribution in [-0.4, -0.2) is 31.3 Å². The molecule has 0 aliphatic carbocycles. The van der Waals surface area contributed by atoms with Crippen LogP contribution in [0.2, 0.25) is 0 Å². The van der Waals surface area contributed by atoms with Crippen LogP contribution in [0, 0.1) is 23.3 Å². The molecule has 154 valence electrons. The van der Waals surface area contributed by atoms with Crippen LogP contribution in [0.3, 0.4) is 0 Å². The molecule has 0 aliphatic heterocycles. The highest BCUT2D eigenvalue weighted by Crippen LogP contribution is 2.29.